The average Bonchev–Trinajstić information content (AvgIpc) is 2.39. The molecule has 7 heteroatoms. The number of hydrogen-bond acceptors (Lipinski definition) is 5. The Morgan fingerprint density at radius 3 is 3.00 bits per heavy atom. The Kier molecular flexibility index (Phi) is 6.27. The number of nitrogens with zero attached hydrogens (tertiary/aromatic N) is 2. The van der Waals surface area contributed by atoms with E-state index in [9.17, 15) is 14.9 Å². The van der Waals surface area contributed by atoms with Gasteiger partial charge in [-0.15, -0.1) is 11.8 Å². The van der Waals surface area contributed by atoms with Crippen LogP contribution in [0.2, 0.25) is 0 Å². The van der Waals surface area contributed by atoms with E-state index in [0.29, 0.717) is 0 Å². The molecule has 0 aliphatic rings. The summed E-state index contributed by atoms with van der Waals surface area (Å²) in [5, 5.41) is 13.1. The molecule has 0 saturated carbocycles. The van der Waals surface area contributed by atoms with Crippen molar-refractivity contribution in [3.8, 4) is 0 Å². The minimum atomic E-state index is -0.558. The average molecular weight is 283 g/mol. The van der Waals surface area contributed by atoms with E-state index in [-0.39, 0.29) is 22.5 Å². The maximum absolute atomic E-state index is 11.9. The Morgan fingerprint density at radius 2 is 2.37 bits per heavy atom. The van der Waals surface area contributed by atoms with Crippen molar-refractivity contribution in [2.24, 2.45) is 0 Å². The molecule has 1 amide bonds. The van der Waals surface area contributed by atoms with E-state index in [1.807, 2.05) is 0 Å². The van der Waals surface area contributed by atoms with Gasteiger partial charge in [-0.2, -0.15) is 0 Å². The molecule has 104 valence electrons. The van der Waals surface area contributed by atoms with Gasteiger partial charge in [-0.05, 0) is 25.2 Å². The van der Waals surface area contributed by atoms with Crippen LogP contribution >= 0.6 is 11.8 Å². The lowest BCUT2D eigenvalue weighted by atomic mass is 10.3. The van der Waals surface area contributed by atoms with E-state index in [0.717, 1.165) is 24.8 Å². The van der Waals surface area contributed by atoms with Crippen molar-refractivity contribution in [3.05, 3.63) is 28.6 Å². The van der Waals surface area contributed by atoms with Crippen LogP contribution in [0.3, 0.4) is 0 Å². The third-order valence-electron chi connectivity index (χ3n) is 2.49. The molecule has 6 nitrogen and oxygen atoms in total. The highest BCUT2D eigenvalue weighted by Gasteiger charge is 2.19. The molecule has 1 rings (SSSR count). The van der Waals surface area contributed by atoms with Crippen LogP contribution in [-0.4, -0.2) is 26.8 Å². The van der Waals surface area contributed by atoms with Gasteiger partial charge in [0, 0.05) is 6.20 Å². The van der Waals surface area contributed by atoms with Gasteiger partial charge in [-0.1, -0.05) is 13.3 Å². The highest BCUT2D eigenvalue weighted by molar-refractivity contribution is 8.00. The number of unbranched alkanes of at least 4 members (excludes halogenated alkanes) is 1. The van der Waals surface area contributed by atoms with Gasteiger partial charge in [0.15, 0.2) is 0 Å². The molecule has 19 heavy (non-hydrogen) atoms. The highest BCUT2D eigenvalue weighted by atomic mass is 32.2. The van der Waals surface area contributed by atoms with Crippen LogP contribution in [0.4, 0.5) is 11.4 Å². The van der Waals surface area contributed by atoms with Gasteiger partial charge in [-0.25, -0.2) is 0 Å². The second kappa shape index (κ2) is 7.73. The zero-order chi connectivity index (χ0) is 14.3. The van der Waals surface area contributed by atoms with Crippen molar-refractivity contribution < 1.29 is 9.72 Å². The van der Waals surface area contributed by atoms with Crippen molar-refractivity contribution in [1.29, 1.82) is 0 Å². The fourth-order valence-corrected chi connectivity index (χ4v) is 2.37. The summed E-state index contributed by atoms with van der Waals surface area (Å²) in [4.78, 5) is 25.8. The molecule has 0 aliphatic carbocycles. The van der Waals surface area contributed by atoms with Crippen molar-refractivity contribution in [2.45, 2.75) is 31.9 Å². The summed E-state index contributed by atoms with van der Waals surface area (Å²) in [5.74, 6) is 0.680. The van der Waals surface area contributed by atoms with Crippen LogP contribution in [0, 0.1) is 10.1 Å². The minimum absolute atomic E-state index is 0.188. The zero-order valence-corrected chi connectivity index (χ0v) is 11.8. The maximum Gasteiger partial charge on any atom is 0.310 e. The van der Waals surface area contributed by atoms with Gasteiger partial charge < -0.3 is 5.32 Å². The Labute approximate surface area is 116 Å². The number of hydrogen-bond donors (Lipinski definition) is 1. The van der Waals surface area contributed by atoms with Crippen LogP contribution in [0.1, 0.15) is 26.7 Å². The van der Waals surface area contributed by atoms with Crippen LogP contribution in [0.15, 0.2) is 18.5 Å². The molecule has 1 unspecified atom stereocenters. The molecule has 0 radical (unpaired) electrons. The molecule has 1 N–H and O–H groups in total. The molecule has 0 saturated heterocycles. The summed E-state index contributed by atoms with van der Waals surface area (Å²) < 4.78 is 0. The van der Waals surface area contributed by atoms with Crippen LogP contribution in [-0.2, 0) is 4.79 Å². The molecule has 1 atom stereocenters. The predicted molar refractivity (Wildman–Crippen MR) is 76.3 cm³/mol. The number of carbonyl (C=O) groups excluding carboxylic acids is 1. The summed E-state index contributed by atoms with van der Waals surface area (Å²) in [6.45, 7) is 3.88. The summed E-state index contributed by atoms with van der Waals surface area (Å²) in [7, 11) is 0. The third kappa shape index (κ3) is 4.86. The largest absolute Gasteiger partial charge is 0.319 e. The molecular weight excluding hydrogens is 266 g/mol. The summed E-state index contributed by atoms with van der Waals surface area (Å²) in [6.07, 6.45) is 4.68. The number of thioether (sulfide) groups is 1. The Morgan fingerprint density at radius 1 is 1.63 bits per heavy atom. The second-order valence-electron chi connectivity index (χ2n) is 4.01. The molecule has 0 aliphatic heterocycles. The lowest BCUT2D eigenvalue weighted by molar-refractivity contribution is -0.384. The van der Waals surface area contributed by atoms with E-state index >= 15 is 0 Å². The third-order valence-corrected chi connectivity index (χ3v) is 3.73. The van der Waals surface area contributed by atoms with Gasteiger partial charge in [-0.3, -0.25) is 19.9 Å². The van der Waals surface area contributed by atoms with E-state index in [1.165, 1.54) is 12.3 Å². The molecule has 1 aromatic rings. The molecule has 0 bridgehead atoms. The van der Waals surface area contributed by atoms with Gasteiger partial charge >= 0.3 is 5.69 Å². The van der Waals surface area contributed by atoms with E-state index < -0.39 is 4.92 Å². The molecular formula is C12H17N3O3S. The number of nitro groups is 1. The lowest BCUT2D eigenvalue weighted by Gasteiger charge is -2.11. The summed E-state index contributed by atoms with van der Waals surface area (Å²) in [5.41, 5.74) is -0.00505. The highest BCUT2D eigenvalue weighted by Crippen LogP contribution is 2.23. The van der Waals surface area contributed by atoms with Crippen LogP contribution in [0.5, 0.6) is 0 Å². The van der Waals surface area contributed by atoms with E-state index in [4.69, 9.17) is 0 Å². The maximum atomic E-state index is 11.9. The fraction of sp³-hybridized carbons (Fsp3) is 0.500. The Balaban J connectivity index is 2.64. The first-order valence-electron chi connectivity index (χ1n) is 6.07. The first-order valence-corrected chi connectivity index (χ1v) is 7.12. The van der Waals surface area contributed by atoms with Gasteiger partial charge in [0.2, 0.25) is 5.91 Å². The minimum Gasteiger partial charge on any atom is -0.319 e. The Hall–Kier alpha value is -1.63. The van der Waals surface area contributed by atoms with Crippen molar-refractivity contribution >= 4 is 29.0 Å². The SMILES string of the molecule is CCCCSC(C)C(=O)Nc1ccncc1[N+](=O)[O-]. The quantitative estimate of drug-likeness (QED) is 0.472. The van der Waals surface area contributed by atoms with Gasteiger partial charge in [0.25, 0.3) is 0 Å². The molecule has 0 aromatic carbocycles. The first-order chi connectivity index (χ1) is 9.06. The summed E-state index contributed by atoms with van der Waals surface area (Å²) >= 11 is 1.55. The zero-order valence-electron chi connectivity index (χ0n) is 11.0. The van der Waals surface area contributed by atoms with Gasteiger partial charge in [0.05, 0.1) is 10.2 Å². The molecule has 1 heterocycles. The van der Waals surface area contributed by atoms with E-state index in [2.05, 4.69) is 17.2 Å². The van der Waals surface area contributed by atoms with Crippen molar-refractivity contribution in [1.82, 2.24) is 4.98 Å². The van der Waals surface area contributed by atoms with Crippen LogP contribution < -0.4 is 5.32 Å². The normalized spacial score (nSPS) is 11.9. The van der Waals surface area contributed by atoms with Gasteiger partial charge in [0.1, 0.15) is 11.9 Å². The van der Waals surface area contributed by atoms with E-state index in [1.54, 1.807) is 18.7 Å². The standard InChI is InChI=1S/C12H17N3O3S/c1-3-4-7-19-9(2)12(16)14-10-5-6-13-8-11(10)15(17)18/h5-6,8-9H,3-4,7H2,1-2H3,(H,13,14,16). The predicted octanol–water partition coefficient (Wildman–Crippen LogP) is 2.85. The number of nitrogens with one attached hydrogen (secondary N) is 1. The number of amides is 1. The number of rotatable bonds is 7. The molecule has 0 spiro atoms. The monoisotopic (exact) mass is 283 g/mol. The van der Waals surface area contributed by atoms with Crippen molar-refractivity contribution in [2.75, 3.05) is 11.1 Å². The fourth-order valence-electron chi connectivity index (χ4n) is 1.35. The Bertz CT molecular complexity index is 454. The van der Waals surface area contributed by atoms with Crippen molar-refractivity contribution in [3.63, 3.8) is 0 Å². The smallest absolute Gasteiger partial charge is 0.310 e. The molecule has 0 fully saturated rings. The first kappa shape index (κ1) is 15.4. The second-order valence-corrected chi connectivity index (χ2v) is 5.45. The molecule has 1 aromatic heterocycles. The number of aromatic nitrogens is 1. The lowest BCUT2D eigenvalue weighted by Crippen LogP contribution is -2.23. The number of pyridine rings is 1. The number of carbonyl (C=O) groups is 1. The van der Waals surface area contributed by atoms with Crippen LogP contribution in [0.25, 0.3) is 0 Å². The number of anilines is 1. The topological polar surface area (TPSA) is 85.1 Å². The summed E-state index contributed by atoms with van der Waals surface area (Å²) in [6, 6.07) is 1.43.